The van der Waals surface area contributed by atoms with Crippen molar-refractivity contribution in [2.24, 2.45) is 0 Å². The van der Waals surface area contributed by atoms with Gasteiger partial charge in [-0.3, -0.25) is 9.59 Å². The highest BCUT2D eigenvalue weighted by Crippen LogP contribution is 2.21. The van der Waals surface area contributed by atoms with Crippen LogP contribution in [0.4, 0.5) is 0 Å². The van der Waals surface area contributed by atoms with Gasteiger partial charge in [0.2, 0.25) is 11.8 Å². The second-order valence-electron chi connectivity index (χ2n) is 5.56. The van der Waals surface area contributed by atoms with Crippen LogP contribution in [0.1, 0.15) is 50.6 Å². The van der Waals surface area contributed by atoms with Crippen LogP contribution in [-0.4, -0.2) is 17.9 Å². The van der Waals surface area contributed by atoms with E-state index in [2.05, 4.69) is 10.6 Å². The van der Waals surface area contributed by atoms with Crippen LogP contribution < -0.4 is 10.6 Å². The van der Waals surface area contributed by atoms with Gasteiger partial charge in [0.25, 0.3) is 0 Å². The maximum absolute atomic E-state index is 12.1. The minimum absolute atomic E-state index is 0.0180. The molecule has 2 N–H and O–H groups in total. The molecule has 0 aromatic heterocycles. The monoisotopic (exact) mass is 308 g/mol. The lowest BCUT2D eigenvalue weighted by Gasteiger charge is -2.20. The summed E-state index contributed by atoms with van der Waals surface area (Å²) in [4.78, 5) is 23.5. The topological polar surface area (TPSA) is 58.2 Å². The van der Waals surface area contributed by atoms with E-state index in [0.29, 0.717) is 11.1 Å². The lowest BCUT2D eigenvalue weighted by molar-refractivity contribution is -0.123. The van der Waals surface area contributed by atoms with Gasteiger partial charge in [0.1, 0.15) is 0 Å². The van der Waals surface area contributed by atoms with Crippen molar-refractivity contribution in [2.75, 3.05) is 0 Å². The molecule has 0 unspecified atom stereocenters. The van der Waals surface area contributed by atoms with Crippen molar-refractivity contribution < 1.29 is 9.59 Å². The Morgan fingerprint density at radius 2 is 1.86 bits per heavy atom. The highest BCUT2D eigenvalue weighted by atomic mass is 35.5. The molecule has 1 aromatic carbocycles. The van der Waals surface area contributed by atoms with Crippen LogP contribution in [0.15, 0.2) is 24.3 Å². The third kappa shape index (κ3) is 5.05. The van der Waals surface area contributed by atoms with Crippen molar-refractivity contribution in [2.45, 2.75) is 51.1 Å². The minimum atomic E-state index is -0.318. The number of rotatable bonds is 5. The van der Waals surface area contributed by atoms with Crippen molar-refractivity contribution >= 4 is 23.4 Å². The van der Waals surface area contributed by atoms with E-state index in [1.165, 1.54) is 19.8 Å². The van der Waals surface area contributed by atoms with Gasteiger partial charge in [0.05, 0.1) is 12.5 Å². The lowest BCUT2D eigenvalue weighted by Crippen LogP contribution is -2.36. The first-order valence-electron chi connectivity index (χ1n) is 7.36. The summed E-state index contributed by atoms with van der Waals surface area (Å²) in [5.74, 6) is -0.167. The van der Waals surface area contributed by atoms with Crippen molar-refractivity contribution in [1.29, 1.82) is 0 Å². The zero-order valence-electron chi connectivity index (χ0n) is 12.2. The van der Waals surface area contributed by atoms with Gasteiger partial charge in [0, 0.05) is 18.0 Å². The SMILES string of the molecule is CC(=O)N[C@H](CC(=O)NC1CCCC1)c1ccc(Cl)cc1. The number of nitrogens with one attached hydrogen (secondary N) is 2. The average Bonchev–Trinajstić information content (AvgIpc) is 2.91. The number of benzene rings is 1. The van der Waals surface area contributed by atoms with E-state index in [1.807, 2.05) is 12.1 Å². The van der Waals surface area contributed by atoms with Crippen LogP contribution in [0.3, 0.4) is 0 Å². The molecule has 2 rings (SSSR count). The van der Waals surface area contributed by atoms with Crippen LogP contribution >= 0.6 is 11.6 Å². The summed E-state index contributed by atoms with van der Waals surface area (Å²) < 4.78 is 0. The molecule has 21 heavy (non-hydrogen) atoms. The predicted molar refractivity (Wildman–Crippen MR) is 83.0 cm³/mol. The molecule has 1 fully saturated rings. The van der Waals surface area contributed by atoms with Gasteiger partial charge in [0.15, 0.2) is 0 Å². The fraction of sp³-hybridized carbons (Fsp3) is 0.500. The molecule has 0 aliphatic heterocycles. The Hall–Kier alpha value is -1.55. The number of halogens is 1. The van der Waals surface area contributed by atoms with Crippen molar-refractivity contribution in [1.82, 2.24) is 10.6 Å². The normalized spacial score (nSPS) is 16.5. The average molecular weight is 309 g/mol. The van der Waals surface area contributed by atoms with E-state index in [-0.39, 0.29) is 24.3 Å². The van der Waals surface area contributed by atoms with Crippen LogP contribution in [0.2, 0.25) is 5.02 Å². The van der Waals surface area contributed by atoms with Gasteiger partial charge in [-0.05, 0) is 30.5 Å². The number of amides is 2. The molecular weight excluding hydrogens is 288 g/mol. The molecule has 0 spiro atoms. The molecule has 0 heterocycles. The molecule has 1 aromatic rings. The predicted octanol–water partition coefficient (Wildman–Crippen LogP) is 2.97. The van der Waals surface area contributed by atoms with E-state index < -0.39 is 0 Å². The highest BCUT2D eigenvalue weighted by Gasteiger charge is 2.21. The summed E-state index contributed by atoms with van der Waals surface area (Å²) in [7, 11) is 0. The molecule has 114 valence electrons. The largest absolute Gasteiger partial charge is 0.353 e. The smallest absolute Gasteiger partial charge is 0.222 e. The second-order valence-corrected chi connectivity index (χ2v) is 5.99. The number of carbonyl (C=O) groups is 2. The molecule has 0 radical (unpaired) electrons. The summed E-state index contributed by atoms with van der Waals surface area (Å²) in [5.41, 5.74) is 0.885. The van der Waals surface area contributed by atoms with E-state index in [0.717, 1.165) is 18.4 Å². The number of hydrogen-bond acceptors (Lipinski definition) is 2. The first-order chi connectivity index (χ1) is 10.0. The molecule has 0 bridgehead atoms. The van der Waals surface area contributed by atoms with Crippen LogP contribution in [-0.2, 0) is 9.59 Å². The van der Waals surface area contributed by atoms with Gasteiger partial charge in [-0.15, -0.1) is 0 Å². The summed E-state index contributed by atoms with van der Waals surface area (Å²) in [6.07, 6.45) is 4.71. The van der Waals surface area contributed by atoms with Crippen LogP contribution in [0.25, 0.3) is 0 Å². The van der Waals surface area contributed by atoms with Gasteiger partial charge >= 0.3 is 0 Å². The first-order valence-corrected chi connectivity index (χ1v) is 7.74. The van der Waals surface area contributed by atoms with Gasteiger partial charge < -0.3 is 10.6 Å². The van der Waals surface area contributed by atoms with E-state index in [9.17, 15) is 9.59 Å². The molecule has 2 amide bonds. The summed E-state index contributed by atoms with van der Waals surface area (Å²) in [6, 6.07) is 7.18. The van der Waals surface area contributed by atoms with Gasteiger partial charge in [-0.2, -0.15) is 0 Å². The highest BCUT2D eigenvalue weighted by molar-refractivity contribution is 6.30. The third-order valence-electron chi connectivity index (χ3n) is 3.76. The van der Waals surface area contributed by atoms with Crippen LogP contribution in [0, 0.1) is 0 Å². The van der Waals surface area contributed by atoms with Gasteiger partial charge in [-0.1, -0.05) is 36.6 Å². The quantitative estimate of drug-likeness (QED) is 0.878. The Morgan fingerprint density at radius 3 is 2.43 bits per heavy atom. The lowest BCUT2D eigenvalue weighted by atomic mass is 10.0. The fourth-order valence-corrected chi connectivity index (χ4v) is 2.86. The molecule has 1 aliphatic carbocycles. The van der Waals surface area contributed by atoms with E-state index in [4.69, 9.17) is 11.6 Å². The fourth-order valence-electron chi connectivity index (χ4n) is 2.73. The zero-order chi connectivity index (χ0) is 15.2. The molecular formula is C16H21ClN2O2. The Bertz CT molecular complexity index is 496. The third-order valence-corrected chi connectivity index (χ3v) is 4.01. The Kier molecular flexibility index (Phi) is 5.62. The van der Waals surface area contributed by atoms with Crippen molar-refractivity contribution in [3.63, 3.8) is 0 Å². The standard InChI is InChI=1S/C16H21ClN2O2/c1-11(20)18-15(12-6-8-13(17)9-7-12)10-16(21)19-14-4-2-3-5-14/h6-9,14-15H,2-5,10H2,1H3,(H,18,20)(H,19,21)/t15-/m1/s1. The Labute approximate surface area is 130 Å². The van der Waals surface area contributed by atoms with Gasteiger partial charge in [-0.25, -0.2) is 0 Å². The zero-order valence-corrected chi connectivity index (χ0v) is 13.0. The maximum Gasteiger partial charge on any atom is 0.222 e. The number of carbonyl (C=O) groups excluding carboxylic acids is 2. The van der Waals surface area contributed by atoms with E-state index in [1.54, 1.807) is 12.1 Å². The van der Waals surface area contributed by atoms with Crippen molar-refractivity contribution in [3.8, 4) is 0 Å². The molecule has 1 saturated carbocycles. The summed E-state index contributed by atoms with van der Waals surface area (Å²) in [6.45, 7) is 1.46. The Morgan fingerprint density at radius 1 is 1.24 bits per heavy atom. The maximum atomic E-state index is 12.1. The summed E-state index contributed by atoms with van der Waals surface area (Å²) >= 11 is 5.87. The summed E-state index contributed by atoms with van der Waals surface area (Å²) in [5, 5.41) is 6.51. The molecule has 0 saturated heterocycles. The first kappa shape index (κ1) is 15.8. The molecule has 1 aliphatic rings. The molecule has 1 atom stereocenters. The second kappa shape index (κ2) is 7.46. The Balaban J connectivity index is 1.99. The molecule has 4 nitrogen and oxygen atoms in total. The minimum Gasteiger partial charge on any atom is -0.353 e. The number of hydrogen-bond donors (Lipinski definition) is 2. The van der Waals surface area contributed by atoms with E-state index >= 15 is 0 Å². The molecule has 5 heteroatoms. The van der Waals surface area contributed by atoms with Crippen LogP contribution in [0.5, 0.6) is 0 Å². The van der Waals surface area contributed by atoms with Crippen molar-refractivity contribution in [3.05, 3.63) is 34.9 Å².